The highest BCUT2D eigenvalue weighted by Crippen LogP contribution is 2.36. The third-order valence-electron chi connectivity index (χ3n) is 4.09. The van der Waals surface area contributed by atoms with E-state index in [-0.39, 0.29) is 7.55 Å². The predicted molar refractivity (Wildman–Crippen MR) is 74.2 cm³/mol. The molecule has 0 spiro atoms. The van der Waals surface area contributed by atoms with Crippen LogP contribution in [-0.4, -0.2) is 53.2 Å². The van der Waals surface area contributed by atoms with Gasteiger partial charge in [0.1, 0.15) is 7.55 Å². The molecule has 0 aromatic rings. The topological polar surface area (TPSA) is 6.25 Å². The van der Waals surface area contributed by atoms with E-state index in [9.17, 15) is 0 Å². The molecule has 16 heavy (non-hydrogen) atoms. The van der Waals surface area contributed by atoms with Crippen LogP contribution in [0.5, 0.6) is 0 Å². The summed E-state index contributed by atoms with van der Waals surface area (Å²) in [7, 11) is -0.0840. The van der Waals surface area contributed by atoms with E-state index in [1.807, 2.05) is 0 Å². The quantitative estimate of drug-likeness (QED) is 0.408. The molecule has 2 nitrogen and oxygen atoms in total. The Morgan fingerprint density at radius 1 is 1.31 bits per heavy atom. The van der Waals surface area contributed by atoms with Crippen molar-refractivity contribution < 1.29 is 4.58 Å². The maximum absolute atomic E-state index is 4.28. The first-order valence-electron chi connectivity index (χ1n) is 6.51. The Balaban J connectivity index is 2.14. The fraction of sp³-hybridized carbons (Fsp3) is 0.846. The first-order valence-corrected chi connectivity index (χ1v) is 8.55. The molecule has 0 amide bonds. The normalized spacial score (nSPS) is 38.4. The highest BCUT2D eigenvalue weighted by molar-refractivity contribution is 7.55. The van der Waals surface area contributed by atoms with Crippen molar-refractivity contribution in [3.63, 3.8) is 0 Å². The van der Waals surface area contributed by atoms with Crippen molar-refractivity contribution in [1.29, 1.82) is 0 Å². The van der Waals surface area contributed by atoms with Crippen molar-refractivity contribution in [2.45, 2.75) is 57.4 Å². The van der Waals surface area contributed by atoms with Gasteiger partial charge >= 0.3 is 0 Å². The van der Waals surface area contributed by atoms with Crippen LogP contribution in [0.2, 0.25) is 0 Å². The van der Waals surface area contributed by atoms with Gasteiger partial charge in [-0.3, -0.25) is 4.58 Å². The zero-order valence-corrected chi connectivity index (χ0v) is 11.8. The molecule has 0 N–H and O–H groups in total. The van der Waals surface area contributed by atoms with Crippen LogP contribution in [0.3, 0.4) is 0 Å². The molecule has 2 aliphatic heterocycles. The van der Waals surface area contributed by atoms with Gasteiger partial charge < -0.3 is 0 Å². The maximum Gasteiger partial charge on any atom is 0.247 e. The van der Waals surface area contributed by atoms with E-state index >= 15 is 0 Å². The zero-order valence-electron chi connectivity index (χ0n) is 10.9. The average molecular weight is 240 g/mol. The van der Waals surface area contributed by atoms with Crippen LogP contribution in [-0.2, 0) is 0 Å². The molecule has 2 saturated heterocycles. The molecule has 4 atom stereocenters. The summed E-state index contributed by atoms with van der Waals surface area (Å²) in [5, 5.41) is 0. The van der Waals surface area contributed by atoms with Crippen LogP contribution < -0.4 is 0 Å². The molecule has 3 heteroatoms. The third kappa shape index (κ3) is 2.32. The lowest BCUT2D eigenvalue weighted by Crippen LogP contribution is -2.36. The molecule has 0 radical (unpaired) electrons. The van der Waals surface area contributed by atoms with Gasteiger partial charge in [0.15, 0.2) is 0 Å². The fourth-order valence-corrected chi connectivity index (χ4v) is 4.25. The maximum atomic E-state index is 4.28. The first-order chi connectivity index (χ1) is 7.59. The van der Waals surface area contributed by atoms with Gasteiger partial charge in [-0.1, -0.05) is 0 Å². The van der Waals surface area contributed by atoms with Crippen LogP contribution in [0.25, 0.3) is 0 Å². The van der Waals surface area contributed by atoms with Crippen molar-refractivity contribution in [2.75, 3.05) is 13.2 Å². The molecule has 0 aromatic carbocycles. The highest BCUT2D eigenvalue weighted by atomic mass is 31.1. The number of likely N-dealkylation sites (tertiary alicyclic amines) is 1. The third-order valence-corrected chi connectivity index (χ3v) is 5.63. The summed E-state index contributed by atoms with van der Waals surface area (Å²) in [6.07, 6.45) is 12.1. The summed E-state index contributed by atoms with van der Waals surface area (Å²) in [4.78, 5) is 2.60. The van der Waals surface area contributed by atoms with E-state index in [1.54, 1.807) is 0 Å². The van der Waals surface area contributed by atoms with Crippen LogP contribution in [0.15, 0.2) is 0 Å². The van der Waals surface area contributed by atoms with E-state index < -0.39 is 0 Å². The minimum Gasteiger partial charge on any atom is -0.266 e. The lowest BCUT2D eigenvalue weighted by molar-refractivity contribution is -0.540. The molecule has 2 fully saturated rings. The van der Waals surface area contributed by atoms with E-state index in [0.29, 0.717) is 6.04 Å². The second-order valence-electron chi connectivity index (χ2n) is 5.46. The van der Waals surface area contributed by atoms with Gasteiger partial charge in [-0.2, -0.15) is 0 Å². The second kappa shape index (κ2) is 4.87. The molecule has 0 saturated carbocycles. The van der Waals surface area contributed by atoms with Crippen molar-refractivity contribution >= 4 is 20.2 Å². The van der Waals surface area contributed by atoms with Gasteiger partial charge in [0.05, 0.1) is 31.6 Å². The molecule has 90 valence electrons. The Kier molecular flexibility index (Phi) is 3.69. The van der Waals surface area contributed by atoms with Crippen molar-refractivity contribution in [3.05, 3.63) is 0 Å². The van der Waals surface area contributed by atoms with Gasteiger partial charge in [0.25, 0.3) is 0 Å². The minimum absolute atomic E-state index is 0.0840. The lowest BCUT2D eigenvalue weighted by Gasteiger charge is -2.16. The van der Waals surface area contributed by atoms with Crippen LogP contribution in [0.4, 0.5) is 0 Å². The highest BCUT2D eigenvalue weighted by Gasteiger charge is 2.41. The fourth-order valence-electron chi connectivity index (χ4n) is 2.92. The van der Waals surface area contributed by atoms with Gasteiger partial charge in [0.2, 0.25) is 12.1 Å². The molecular formula is C13H25N2P+2. The summed E-state index contributed by atoms with van der Waals surface area (Å²) < 4.78 is 2.54. The first kappa shape index (κ1) is 12.1. The number of rotatable bonds is 2. The summed E-state index contributed by atoms with van der Waals surface area (Å²) in [6, 6.07) is 1.45. The molecule has 2 heterocycles. The summed E-state index contributed by atoms with van der Waals surface area (Å²) in [6.45, 7) is 8.26. The predicted octanol–water partition coefficient (Wildman–Crippen LogP) is 2.56. The van der Waals surface area contributed by atoms with Gasteiger partial charge in [-0.25, -0.2) is 4.90 Å². The monoisotopic (exact) mass is 240 g/mol. The van der Waals surface area contributed by atoms with Gasteiger partial charge in [-0.05, 0) is 33.1 Å². The summed E-state index contributed by atoms with van der Waals surface area (Å²) in [5.41, 5.74) is 0. The van der Waals surface area contributed by atoms with Crippen LogP contribution in [0, 0.1) is 0 Å². The van der Waals surface area contributed by atoms with E-state index in [2.05, 4.69) is 42.6 Å². The molecule has 0 aromatic heterocycles. The standard InChI is InChI=1S/C13H25N2P/c1-11-6-5-9-14(11)10-15-12(2)7-8-13(15)16(3)4/h10-13H,3,5-9H2,1-2,4H3/q+2. The Hall–Kier alpha value is -0.360. The van der Waals surface area contributed by atoms with E-state index in [1.165, 1.54) is 32.2 Å². The number of nitrogens with zero attached hydrogens (tertiary/aromatic N) is 2. The molecule has 2 rings (SSSR count). The smallest absolute Gasteiger partial charge is 0.247 e. The van der Waals surface area contributed by atoms with E-state index in [4.69, 9.17) is 0 Å². The summed E-state index contributed by atoms with van der Waals surface area (Å²) >= 11 is 0. The molecule has 4 unspecified atom stereocenters. The largest absolute Gasteiger partial charge is 0.266 e. The van der Waals surface area contributed by atoms with Gasteiger partial charge in [-0.15, -0.1) is 0 Å². The molecular weight excluding hydrogens is 215 g/mol. The Labute approximate surface area is 101 Å². The van der Waals surface area contributed by atoms with Gasteiger partial charge in [0, 0.05) is 6.42 Å². The van der Waals surface area contributed by atoms with Crippen LogP contribution in [0.1, 0.15) is 39.5 Å². The number of hydrogen-bond donors (Lipinski definition) is 0. The Bertz CT molecular complexity index is 311. The average Bonchev–Trinajstić information content (AvgIpc) is 2.76. The van der Waals surface area contributed by atoms with Crippen molar-refractivity contribution in [3.8, 4) is 0 Å². The minimum atomic E-state index is -0.0840. The van der Waals surface area contributed by atoms with Crippen molar-refractivity contribution in [1.82, 2.24) is 4.90 Å². The Morgan fingerprint density at radius 3 is 2.62 bits per heavy atom. The SMILES string of the molecule is C=[P+](C)C1CCC(C)N1C=[N+]1CCCC1C. The summed E-state index contributed by atoms with van der Waals surface area (Å²) in [5.74, 6) is 0.720. The van der Waals surface area contributed by atoms with Crippen molar-refractivity contribution in [2.24, 2.45) is 0 Å². The van der Waals surface area contributed by atoms with Crippen LogP contribution >= 0.6 is 7.55 Å². The second-order valence-corrected chi connectivity index (χ2v) is 7.57. The zero-order chi connectivity index (χ0) is 11.7. The van der Waals surface area contributed by atoms with E-state index in [0.717, 1.165) is 11.8 Å². The molecule has 0 aliphatic carbocycles. The Morgan fingerprint density at radius 2 is 2.06 bits per heavy atom. The number of hydrogen-bond acceptors (Lipinski definition) is 0. The molecule has 2 aliphatic rings. The molecule has 0 bridgehead atoms. The lowest BCUT2D eigenvalue weighted by atomic mass is 10.2.